The van der Waals surface area contributed by atoms with E-state index in [1.165, 1.54) is 6.33 Å². The van der Waals surface area contributed by atoms with Gasteiger partial charge in [0.2, 0.25) is 0 Å². The van der Waals surface area contributed by atoms with Gasteiger partial charge in [-0.15, -0.1) is 10.2 Å². The largest absolute Gasteiger partial charge is 0.478 e. The molecule has 0 bridgehead atoms. The number of fused-ring (bicyclic) bond motifs is 1. The highest BCUT2D eigenvalue weighted by atomic mass is 16.4. The van der Waals surface area contributed by atoms with E-state index in [2.05, 4.69) is 10.2 Å². The smallest absolute Gasteiger partial charge is 0.337 e. The van der Waals surface area contributed by atoms with Gasteiger partial charge in [0.15, 0.2) is 5.65 Å². The highest BCUT2D eigenvalue weighted by molar-refractivity contribution is 5.91. The average molecular weight is 191 g/mol. The third kappa shape index (κ3) is 1.06. The van der Waals surface area contributed by atoms with Crippen LogP contribution in [0.5, 0.6) is 0 Å². The van der Waals surface area contributed by atoms with Gasteiger partial charge in [-0.3, -0.25) is 4.40 Å². The molecule has 14 heavy (non-hydrogen) atoms. The summed E-state index contributed by atoms with van der Waals surface area (Å²) >= 11 is 0. The minimum Gasteiger partial charge on any atom is -0.478 e. The van der Waals surface area contributed by atoms with Gasteiger partial charge in [0.25, 0.3) is 0 Å². The summed E-state index contributed by atoms with van der Waals surface area (Å²) < 4.78 is 1.66. The molecule has 0 unspecified atom stereocenters. The number of hydrogen-bond acceptors (Lipinski definition) is 3. The van der Waals surface area contributed by atoms with E-state index in [0.29, 0.717) is 22.5 Å². The lowest BCUT2D eigenvalue weighted by Crippen LogP contribution is -2.07. The zero-order valence-corrected chi connectivity index (χ0v) is 7.85. The molecule has 0 aliphatic heterocycles. The summed E-state index contributed by atoms with van der Waals surface area (Å²) in [5, 5.41) is 16.6. The number of aryl methyl sites for hydroxylation is 2. The SMILES string of the molecule is Cc1cc2nncn2c(C)c1C(=O)O. The first-order valence-electron chi connectivity index (χ1n) is 4.14. The summed E-state index contributed by atoms with van der Waals surface area (Å²) in [4.78, 5) is 11.0. The van der Waals surface area contributed by atoms with Crippen LogP contribution in [-0.2, 0) is 0 Å². The van der Waals surface area contributed by atoms with E-state index in [1.807, 2.05) is 0 Å². The molecular weight excluding hydrogens is 182 g/mol. The number of aromatic carboxylic acids is 1. The van der Waals surface area contributed by atoms with Gasteiger partial charge in [0.1, 0.15) is 6.33 Å². The number of carbonyl (C=O) groups is 1. The average Bonchev–Trinajstić information content (AvgIpc) is 2.50. The van der Waals surface area contributed by atoms with Crippen LogP contribution in [0.2, 0.25) is 0 Å². The molecule has 0 saturated carbocycles. The monoisotopic (exact) mass is 191 g/mol. The van der Waals surface area contributed by atoms with Crippen LogP contribution in [0.3, 0.4) is 0 Å². The first-order valence-corrected chi connectivity index (χ1v) is 4.14. The fraction of sp³-hybridized carbons (Fsp3) is 0.222. The number of nitrogens with zero attached hydrogens (tertiary/aromatic N) is 3. The van der Waals surface area contributed by atoms with Gasteiger partial charge >= 0.3 is 5.97 Å². The van der Waals surface area contributed by atoms with E-state index in [1.54, 1.807) is 24.3 Å². The standard InChI is InChI=1S/C9H9N3O2/c1-5-3-7-11-10-4-12(7)6(2)8(5)9(13)14/h3-4H,1-2H3,(H,13,14). The zero-order chi connectivity index (χ0) is 10.3. The third-order valence-electron chi connectivity index (χ3n) is 2.25. The second kappa shape index (κ2) is 2.80. The van der Waals surface area contributed by atoms with Crippen LogP contribution in [0.1, 0.15) is 21.6 Å². The van der Waals surface area contributed by atoms with E-state index >= 15 is 0 Å². The summed E-state index contributed by atoms with van der Waals surface area (Å²) in [5.74, 6) is -0.921. The molecule has 0 saturated heterocycles. The van der Waals surface area contributed by atoms with Crippen LogP contribution >= 0.6 is 0 Å². The Balaban J connectivity index is 2.89. The van der Waals surface area contributed by atoms with E-state index in [9.17, 15) is 4.79 Å². The molecule has 0 amide bonds. The van der Waals surface area contributed by atoms with Crippen molar-refractivity contribution in [1.29, 1.82) is 0 Å². The molecule has 5 nitrogen and oxygen atoms in total. The molecular formula is C9H9N3O2. The Labute approximate surface area is 80.0 Å². The van der Waals surface area contributed by atoms with Gasteiger partial charge in [0.05, 0.1) is 5.56 Å². The minimum absolute atomic E-state index is 0.317. The number of aromatic nitrogens is 3. The Morgan fingerprint density at radius 1 is 1.50 bits per heavy atom. The molecule has 2 aromatic heterocycles. The Hall–Kier alpha value is -1.91. The van der Waals surface area contributed by atoms with E-state index in [-0.39, 0.29) is 0 Å². The summed E-state index contributed by atoms with van der Waals surface area (Å²) in [5.41, 5.74) is 2.34. The Morgan fingerprint density at radius 2 is 2.21 bits per heavy atom. The number of rotatable bonds is 1. The lowest BCUT2D eigenvalue weighted by Gasteiger charge is -2.06. The van der Waals surface area contributed by atoms with Gasteiger partial charge in [0, 0.05) is 5.69 Å². The first-order chi connectivity index (χ1) is 6.61. The molecule has 0 aliphatic rings. The van der Waals surface area contributed by atoms with Crippen LogP contribution in [0, 0.1) is 13.8 Å². The molecule has 2 heterocycles. The molecule has 1 N–H and O–H groups in total. The van der Waals surface area contributed by atoms with Crippen molar-refractivity contribution in [3.05, 3.63) is 29.2 Å². The summed E-state index contributed by atoms with van der Waals surface area (Å²) in [7, 11) is 0. The van der Waals surface area contributed by atoms with Crippen LogP contribution in [0.15, 0.2) is 12.4 Å². The van der Waals surface area contributed by atoms with Crippen LogP contribution in [0.4, 0.5) is 0 Å². The minimum atomic E-state index is -0.921. The predicted octanol–water partition coefficient (Wildman–Crippen LogP) is 1.04. The van der Waals surface area contributed by atoms with Crippen molar-refractivity contribution in [2.45, 2.75) is 13.8 Å². The molecule has 72 valence electrons. The van der Waals surface area contributed by atoms with Crippen molar-refractivity contribution in [3.63, 3.8) is 0 Å². The summed E-state index contributed by atoms with van der Waals surface area (Å²) in [6.07, 6.45) is 1.51. The Morgan fingerprint density at radius 3 is 2.86 bits per heavy atom. The van der Waals surface area contributed by atoms with Gasteiger partial charge in [-0.2, -0.15) is 0 Å². The van der Waals surface area contributed by atoms with Gasteiger partial charge < -0.3 is 5.11 Å². The maximum atomic E-state index is 11.0. The lowest BCUT2D eigenvalue weighted by atomic mass is 10.1. The highest BCUT2D eigenvalue weighted by Crippen LogP contribution is 2.15. The molecule has 0 aliphatic carbocycles. The highest BCUT2D eigenvalue weighted by Gasteiger charge is 2.14. The summed E-state index contributed by atoms with van der Waals surface area (Å²) in [6, 6.07) is 1.71. The molecule has 0 fully saturated rings. The normalized spacial score (nSPS) is 10.7. The number of carboxylic acid groups (broad SMARTS) is 1. The molecule has 0 atom stereocenters. The number of hydrogen-bond donors (Lipinski definition) is 1. The molecule has 0 radical (unpaired) electrons. The van der Waals surface area contributed by atoms with Gasteiger partial charge in [-0.05, 0) is 25.5 Å². The molecule has 2 rings (SSSR count). The van der Waals surface area contributed by atoms with Crippen molar-refractivity contribution in [3.8, 4) is 0 Å². The summed E-state index contributed by atoms with van der Waals surface area (Å²) in [6.45, 7) is 3.50. The maximum absolute atomic E-state index is 11.0. The maximum Gasteiger partial charge on any atom is 0.337 e. The van der Waals surface area contributed by atoms with Crippen molar-refractivity contribution >= 4 is 11.6 Å². The molecule has 0 spiro atoms. The lowest BCUT2D eigenvalue weighted by molar-refractivity contribution is 0.0694. The molecule has 0 aromatic carbocycles. The fourth-order valence-corrected chi connectivity index (χ4v) is 1.60. The molecule has 2 aromatic rings. The quantitative estimate of drug-likeness (QED) is 0.731. The van der Waals surface area contributed by atoms with Crippen molar-refractivity contribution in [2.24, 2.45) is 0 Å². The second-order valence-corrected chi connectivity index (χ2v) is 3.15. The van der Waals surface area contributed by atoms with E-state index in [4.69, 9.17) is 5.11 Å². The Kier molecular flexibility index (Phi) is 1.73. The van der Waals surface area contributed by atoms with Gasteiger partial charge in [-0.25, -0.2) is 4.79 Å². The number of carboxylic acids is 1. The topological polar surface area (TPSA) is 67.5 Å². The predicted molar refractivity (Wildman–Crippen MR) is 49.4 cm³/mol. The van der Waals surface area contributed by atoms with Crippen LogP contribution < -0.4 is 0 Å². The van der Waals surface area contributed by atoms with Crippen molar-refractivity contribution in [1.82, 2.24) is 14.6 Å². The number of pyridine rings is 1. The van der Waals surface area contributed by atoms with Crippen molar-refractivity contribution < 1.29 is 9.90 Å². The first kappa shape index (κ1) is 8.68. The van der Waals surface area contributed by atoms with E-state index < -0.39 is 5.97 Å². The van der Waals surface area contributed by atoms with Crippen LogP contribution in [0.25, 0.3) is 5.65 Å². The van der Waals surface area contributed by atoms with Gasteiger partial charge in [-0.1, -0.05) is 0 Å². The zero-order valence-electron chi connectivity index (χ0n) is 7.85. The fourth-order valence-electron chi connectivity index (χ4n) is 1.60. The van der Waals surface area contributed by atoms with Crippen molar-refractivity contribution in [2.75, 3.05) is 0 Å². The van der Waals surface area contributed by atoms with E-state index in [0.717, 1.165) is 0 Å². The van der Waals surface area contributed by atoms with Crippen LogP contribution in [-0.4, -0.2) is 25.7 Å². The molecule has 5 heteroatoms. The second-order valence-electron chi connectivity index (χ2n) is 3.15. The Bertz CT molecular complexity index is 516. The third-order valence-corrected chi connectivity index (χ3v) is 2.25.